The Hall–Kier alpha value is -1.65. The zero-order valence-electron chi connectivity index (χ0n) is 10.4. The highest BCUT2D eigenvalue weighted by molar-refractivity contribution is 6.32. The fourth-order valence-corrected chi connectivity index (χ4v) is 1.96. The van der Waals surface area contributed by atoms with Crippen LogP contribution in [-0.2, 0) is 6.42 Å². The monoisotopic (exact) mass is 312 g/mol. The minimum absolute atomic E-state index is 0.0182. The molecular weight excluding hydrogens is 302 g/mol. The van der Waals surface area contributed by atoms with Crippen molar-refractivity contribution in [2.75, 3.05) is 6.54 Å². The summed E-state index contributed by atoms with van der Waals surface area (Å²) in [5.74, 6) is -1.05. The first-order chi connectivity index (χ1) is 9.56. The zero-order chi connectivity index (χ0) is 14.5. The van der Waals surface area contributed by atoms with Gasteiger partial charge in [-0.1, -0.05) is 35.3 Å². The molecule has 0 saturated carbocycles. The predicted octanol–water partition coefficient (Wildman–Crippen LogP) is 3.50. The van der Waals surface area contributed by atoms with Crippen LogP contribution in [0.15, 0.2) is 36.5 Å². The molecule has 104 valence electrons. The van der Waals surface area contributed by atoms with Gasteiger partial charge in [-0.2, -0.15) is 0 Å². The number of aromatic nitrogens is 1. The van der Waals surface area contributed by atoms with Gasteiger partial charge in [0.15, 0.2) is 0 Å². The number of nitrogens with zero attached hydrogens (tertiary/aromatic N) is 1. The first-order valence-electron chi connectivity index (χ1n) is 5.90. The van der Waals surface area contributed by atoms with Gasteiger partial charge in [0.2, 0.25) is 0 Å². The van der Waals surface area contributed by atoms with E-state index in [1.165, 1.54) is 0 Å². The lowest BCUT2D eigenvalue weighted by molar-refractivity contribution is 0.0953. The van der Waals surface area contributed by atoms with Gasteiger partial charge in [0.25, 0.3) is 5.91 Å². The topological polar surface area (TPSA) is 42.0 Å². The molecule has 0 fully saturated rings. The van der Waals surface area contributed by atoms with Crippen LogP contribution >= 0.6 is 23.2 Å². The number of hydrogen-bond acceptors (Lipinski definition) is 2. The summed E-state index contributed by atoms with van der Waals surface area (Å²) >= 11 is 11.5. The second kappa shape index (κ2) is 6.68. The third-order valence-electron chi connectivity index (χ3n) is 2.66. The lowest BCUT2D eigenvalue weighted by Gasteiger charge is -2.06. The second-order valence-corrected chi connectivity index (χ2v) is 4.92. The molecule has 1 heterocycles. The summed E-state index contributed by atoms with van der Waals surface area (Å²) in [5, 5.41) is 3.31. The van der Waals surface area contributed by atoms with E-state index in [0.29, 0.717) is 18.0 Å². The highest BCUT2D eigenvalue weighted by atomic mass is 35.5. The summed E-state index contributed by atoms with van der Waals surface area (Å²) in [6, 6.07) is 8.39. The fourth-order valence-electron chi connectivity index (χ4n) is 1.65. The highest BCUT2D eigenvalue weighted by Gasteiger charge is 2.12. The Labute approximate surface area is 125 Å². The predicted molar refractivity (Wildman–Crippen MR) is 76.7 cm³/mol. The molecule has 1 aromatic carbocycles. The molecule has 3 nitrogen and oxygen atoms in total. The minimum atomic E-state index is -0.600. The number of halogens is 3. The largest absolute Gasteiger partial charge is 0.352 e. The van der Waals surface area contributed by atoms with Crippen LogP contribution in [0, 0.1) is 5.82 Å². The van der Waals surface area contributed by atoms with Gasteiger partial charge >= 0.3 is 0 Å². The Bertz CT molecular complexity index is 617. The average molecular weight is 313 g/mol. The van der Waals surface area contributed by atoms with Crippen LogP contribution in [0.3, 0.4) is 0 Å². The summed E-state index contributed by atoms with van der Waals surface area (Å²) in [6.07, 6.45) is 1.61. The molecule has 2 rings (SSSR count). The van der Waals surface area contributed by atoms with Crippen LogP contribution in [0.2, 0.25) is 10.2 Å². The Morgan fingerprint density at radius 2 is 1.95 bits per heavy atom. The van der Waals surface area contributed by atoms with Gasteiger partial charge in [0.05, 0.1) is 11.8 Å². The molecule has 6 heteroatoms. The average Bonchev–Trinajstić information content (AvgIpc) is 2.43. The Morgan fingerprint density at radius 3 is 2.65 bits per heavy atom. The van der Waals surface area contributed by atoms with Crippen molar-refractivity contribution < 1.29 is 9.18 Å². The van der Waals surface area contributed by atoms with Crippen LogP contribution in [-0.4, -0.2) is 17.4 Å². The minimum Gasteiger partial charge on any atom is -0.352 e. The summed E-state index contributed by atoms with van der Waals surface area (Å²) in [6.45, 7) is 0.410. The number of benzene rings is 1. The number of pyridine rings is 1. The number of rotatable bonds is 4. The first kappa shape index (κ1) is 14.8. The molecule has 0 aliphatic heterocycles. The van der Waals surface area contributed by atoms with Crippen molar-refractivity contribution in [1.82, 2.24) is 10.3 Å². The maximum absolute atomic E-state index is 13.0. The molecule has 0 saturated heterocycles. The van der Waals surface area contributed by atoms with Crippen LogP contribution in [0.4, 0.5) is 4.39 Å². The normalized spacial score (nSPS) is 10.3. The van der Waals surface area contributed by atoms with Crippen LogP contribution in [0.25, 0.3) is 0 Å². The second-order valence-electron chi connectivity index (χ2n) is 4.12. The van der Waals surface area contributed by atoms with Gasteiger partial charge < -0.3 is 5.32 Å². The van der Waals surface area contributed by atoms with Crippen molar-refractivity contribution in [3.8, 4) is 0 Å². The number of carbonyl (C=O) groups is 1. The SMILES string of the molecule is O=C(NCCc1ccc(Cl)cc1)c1cc(F)cnc1Cl. The molecular formula is C14H11Cl2FN2O. The van der Waals surface area contributed by atoms with Crippen molar-refractivity contribution in [3.63, 3.8) is 0 Å². The number of nitrogens with one attached hydrogen (secondary N) is 1. The van der Waals surface area contributed by atoms with E-state index in [1.54, 1.807) is 12.1 Å². The van der Waals surface area contributed by atoms with Crippen molar-refractivity contribution in [1.29, 1.82) is 0 Å². The van der Waals surface area contributed by atoms with Crippen LogP contribution in [0.5, 0.6) is 0 Å². The number of carbonyl (C=O) groups excluding carboxylic acids is 1. The molecule has 20 heavy (non-hydrogen) atoms. The molecule has 1 amide bonds. The van der Waals surface area contributed by atoms with E-state index in [9.17, 15) is 9.18 Å². The lowest BCUT2D eigenvalue weighted by Crippen LogP contribution is -2.26. The maximum atomic E-state index is 13.0. The van der Waals surface area contributed by atoms with Crippen molar-refractivity contribution >= 4 is 29.1 Å². The van der Waals surface area contributed by atoms with E-state index in [0.717, 1.165) is 17.8 Å². The molecule has 1 aromatic heterocycles. The van der Waals surface area contributed by atoms with Crippen molar-refractivity contribution in [3.05, 3.63) is 63.6 Å². The summed E-state index contributed by atoms with van der Waals surface area (Å²) in [5.41, 5.74) is 1.07. The molecule has 1 N–H and O–H groups in total. The highest BCUT2D eigenvalue weighted by Crippen LogP contribution is 2.13. The van der Waals surface area contributed by atoms with E-state index in [-0.39, 0.29) is 10.7 Å². The van der Waals surface area contributed by atoms with Gasteiger partial charge in [-0.05, 0) is 30.2 Å². The zero-order valence-corrected chi connectivity index (χ0v) is 11.9. The van der Waals surface area contributed by atoms with Gasteiger partial charge in [-0.15, -0.1) is 0 Å². The lowest BCUT2D eigenvalue weighted by atomic mass is 10.1. The van der Waals surface area contributed by atoms with E-state index >= 15 is 0 Å². The van der Waals surface area contributed by atoms with E-state index in [2.05, 4.69) is 10.3 Å². The van der Waals surface area contributed by atoms with Crippen molar-refractivity contribution in [2.45, 2.75) is 6.42 Å². The third-order valence-corrected chi connectivity index (χ3v) is 3.22. The number of amides is 1. The molecule has 0 atom stereocenters. The molecule has 0 radical (unpaired) electrons. The standard InChI is InChI=1S/C14H11Cl2FN2O/c15-10-3-1-9(2-4-10)5-6-18-14(20)12-7-11(17)8-19-13(12)16/h1-4,7-8H,5-6H2,(H,18,20). The molecule has 2 aromatic rings. The Morgan fingerprint density at radius 1 is 1.25 bits per heavy atom. The van der Waals surface area contributed by atoms with E-state index in [1.807, 2.05) is 12.1 Å². The Balaban J connectivity index is 1.92. The molecule has 0 bridgehead atoms. The summed E-state index contributed by atoms with van der Waals surface area (Å²) in [4.78, 5) is 15.4. The fraction of sp³-hybridized carbons (Fsp3) is 0.143. The summed E-state index contributed by atoms with van der Waals surface area (Å²) < 4.78 is 13.0. The molecule has 0 spiro atoms. The maximum Gasteiger partial charge on any atom is 0.254 e. The van der Waals surface area contributed by atoms with Crippen LogP contribution in [0.1, 0.15) is 15.9 Å². The molecule has 0 unspecified atom stereocenters. The van der Waals surface area contributed by atoms with Crippen LogP contribution < -0.4 is 5.32 Å². The van der Waals surface area contributed by atoms with Gasteiger partial charge in [0, 0.05) is 11.6 Å². The van der Waals surface area contributed by atoms with E-state index in [4.69, 9.17) is 23.2 Å². The van der Waals surface area contributed by atoms with Gasteiger partial charge in [-0.3, -0.25) is 4.79 Å². The molecule has 0 aliphatic rings. The quantitative estimate of drug-likeness (QED) is 0.878. The number of hydrogen-bond donors (Lipinski definition) is 1. The van der Waals surface area contributed by atoms with Crippen molar-refractivity contribution in [2.24, 2.45) is 0 Å². The van der Waals surface area contributed by atoms with E-state index < -0.39 is 11.7 Å². The smallest absolute Gasteiger partial charge is 0.254 e. The molecule has 0 aliphatic carbocycles. The first-order valence-corrected chi connectivity index (χ1v) is 6.65. The van der Waals surface area contributed by atoms with Gasteiger partial charge in [0.1, 0.15) is 11.0 Å². The third kappa shape index (κ3) is 3.92. The Kier molecular flexibility index (Phi) is 4.93. The van der Waals surface area contributed by atoms with Gasteiger partial charge in [-0.25, -0.2) is 9.37 Å². The summed E-state index contributed by atoms with van der Waals surface area (Å²) in [7, 11) is 0.